The maximum Gasteiger partial charge on any atom is 0.228 e. The van der Waals surface area contributed by atoms with Crippen molar-refractivity contribution in [2.75, 3.05) is 29.1 Å². The van der Waals surface area contributed by atoms with E-state index in [9.17, 15) is 9.66 Å². The Kier molecular flexibility index (Phi) is 5.25. The molecule has 2 aromatic heterocycles. The van der Waals surface area contributed by atoms with Crippen molar-refractivity contribution in [3.8, 4) is 11.5 Å². The fraction of sp³-hybridized carbons (Fsp3) is 0.435. The number of fused-ring (bicyclic) bond motifs is 2. The first-order valence-corrected chi connectivity index (χ1v) is 12.9. The highest BCUT2D eigenvalue weighted by Gasteiger charge is 2.41. The van der Waals surface area contributed by atoms with Crippen molar-refractivity contribution in [2.45, 2.75) is 49.1 Å². The number of hydrogen-bond acceptors (Lipinski definition) is 8. The van der Waals surface area contributed by atoms with Gasteiger partial charge in [0.2, 0.25) is 16.7 Å². The van der Waals surface area contributed by atoms with Crippen molar-refractivity contribution in [1.29, 1.82) is 0 Å². The number of nitrogens with zero attached hydrogens (tertiary/aromatic N) is 4. The first-order valence-electron chi connectivity index (χ1n) is 11.2. The molecule has 4 heterocycles. The van der Waals surface area contributed by atoms with Crippen LogP contribution in [-0.4, -0.2) is 49.1 Å². The average Bonchev–Trinajstić information content (AvgIpc) is 3.39. The lowest BCUT2D eigenvalue weighted by Crippen LogP contribution is -2.49. The topological polar surface area (TPSA) is 110 Å². The van der Waals surface area contributed by atoms with E-state index in [2.05, 4.69) is 10.2 Å². The summed E-state index contributed by atoms with van der Waals surface area (Å²) in [5, 5.41) is 14.0. The molecule has 0 spiro atoms. The van der Waals surface area contributed by atoms with Crippen LogP contribution in [0.25, 0.3) is 11.5 Å². The number of anilines is 2. The molecule has 0 bridgehead atoms. The van der Waals surface area contributed by atoms with Crippen LogP contribution in [0.1, 0.15) is 36.4 Å². The summed E-state index contributed by atoms with van der Waals surface area (Å²) in [5.41, 5.74) is 2.22. The maximum atomic E-state index is 12.7. The Labute approximate surface area is 199 Å². The Balaban J connectivity index is 1.30. The highest BCUT2D eigenvalue weighted by atomic mass is 35.5. The van der Waals surface area contributed by atoms with Crippen LogP contribution in [0.5, 0.6) is 0 Å². The number of aliphatic hydroxyl groups is 1. The number of nitrogens with one attached hydrogen (secondary N) is 1. The van der Waals surface area contributed by atoms with Crippen LogP contribution in [0, 0.1) is 0 Å². The summed E-state index contributed by atoms with van der Waals surface area (Å²) >= 11 is 4.88. The van der Waals surface area contributed by atoms with Crippen LogP contribution in [0.15, 0.2) is 33.6 Å². The van der Waals surface area contributed by atoms with Crippen LogP contribution < -0.4 is 10.2 Å². The lowest BCUT2D eigenvalue weighted by atomic mass is 9.77. The molecule has 3 aliphatic rings. The molecule has 0 unspecified atom stereocenters. The fourth-order valence-corrected chi connectivity index (χ4v) is 6.10. The van der Waals surface area contributed by atoms with E-state index in [1.54, 1.807) is 0 Å². The normalized spacial score (nSPS) is 20.8. The Morgan fingerprint density at radius 2 is 1.97 bits per heavy atom. The highest BCUT2D eigenvalue weighted by molar-refractivity contribution is 7.91. The van der Waals surface area contributed by atoms with E-state index in [0.29, 0.717) is 59.3 Å². The predicted octanol–water partition coefficient (Wildman–Crippen LogP) is 3.34. The number of hydrogen-bond donors (Lipinski definition) is 2. The lowest BCUT2D eigenvalue weighted by molar-refractivity contribution is 0.143. The molecule has 1 aliphatic carbocycles. The van der Waals surface area contributed by atoms with Gasteiger partial charge >= 0.3 is 0 Å². The van der Waals surface area contributed by atoms with Gasteiger partial charge in [0, 0.05) is 30.0 Å². The molecule has 2 aliphatic heterocycles. The van der Waals surface area contributed by atoms with E-state index in [1.807, 2.05) is 24.3 Å². The summed E-state index contributed by atoms with van der Waals surface area (Å²) in [4.78, 5) is 17.1. The quantitative estimate of drug-likeness (QED) is 0.529. The first kappa shape index (κ1) is 21.2. The van der Waals surface area contributed by atoms with Crippen molar-refractivity contribution in [3.63, 3.8) is 0 Å². The second kappa shape index (κ2) is 8.16. The summed E-state index contributed by atoms with van der Waals surface area (Å²) in [6.45, 7) is 1.28. The first-order chi connectivity index (χ1) is 16.0. The smallest absolute Gasteiger partial charge is 0.228 e. The molecule has 10 heteroatoms. The summed E-state index contributed by atoms with van der Waals surface area (Å²) in [6.07, 6.45) is 4.19. The van der Waals surface area contributed by atoms with Gasteiger partial charge in [-0.3, -0.25) is 0 Å². The van der Waals surface area contributed by atoms with Gasteiger partial charge < -0.3 is 24.3 Å². The zero-order chi connectivity index (χ0) is 22.6. The van der Waals surface area contributed by atoms with Gasteiger partial charge in [-0.15, -0.1) is 0 Å². The minimum Gasteiger partial charge on any atom is -0.611 e. The predicted molar refractivity (Wildman–Crippen MR) is 126 cm³/mol. The van der Waals surface area contributed by atoms with Crippen LogP contribution in [-0.2, 0) is 30.6 Å². The summed E-state index contributed by atoms with van der Waals surface area (Å²) in [7, 11) is 0. The molecule has 1 saturated carbocycles. The molecule has 0 radical (unpaired) electrons. The summed E-state index contributed by atoms with van der Waals surface area (Å²) in [5.74, 6) is 3.23. The third-order valence-electron chi connectivity index (χ3n) is 6.77. The highest BCUT2D eigenvalue weighted by Crippen LogP contribution is 2.39. The SMILES string of the molecule is [O-][S@+]1CCc2nc(N3CCc4oc(-c5ccc(Cl)cc5)nc4C3)nc(NC3(CO)CCC3)c21. The lowest BCUT2D eigenvalue weighted by Gasteiger charge is -2.41. The third kappa shape index (κ3) is 3.77. The number of aryl methyl sites for hydroxylation is 1. The van der Waals surface area contributed by atoms with Crippen molar-refractivity contribution in [3.05, 3.63) is 46.4 Å². The molecule has 0 amide bonds. The Morgan fingerprint density at radius 3 is 2.70 bits per heavy atom. The average molecular weight is 486 g/mol. The molecular weight excluding hydrogens is 462 g/mol. The van der Waals surface area contributed by atoms with E-state index >= 15 is 0 Å². The van der Waals surface area contributed by atoms with Crippen LogP contribution in [0.3, 0.4) is 0 Å². The van der Waals surface area contributed by atoms with E-state index < -0.39 is 11.2 Å². The van der Waals surface area contributed by atoms with Crippen molar-refractivity contribution in [1.82, 2.24) is 15.0 Å². The molecule has 1 aromatic carbocycles. The number of rotatable bonds is 5. The molecule has 1 atom stereocenters. The van der Waals surface area contributed by atoms with Crippen LogP contribution in [0.2, 0.25) is 5.02 Å². The number of aliphatic hydroxyl groups excluding tert-OH is 1. The summed E-state index contributed by atoms with van der Waals surface area (Å²) in [6, 6.07) is 7.45. The molecule has 6 rings (SSSR count). The van der Waals surface area contributed by atoms with Gasteiger partial charge in [-0.25, -0.2) is 9.97 Å². The largest absolute Gasteiger partial charge is 0.611 e. The van der Waals surface area contributed by atoms with Crippen LogP contribution >= 0.6 is 11.6 Å². The number of aromatic nitrogens is 3. The molecule has 8 nitrogen and oxygen atoms in total. The molecular formula is C23H24ClN5O3S. The third-order valence-corrected chi connectivity index (χ3v) is 8.49. The van der Waals surface area contributed by atoms with E-state index in [0.717, 1.165) is 42.0 Å². The van der Waals surface area contributed by atoms with E-state index in [4.69, 9.17) is 31.0 Å². The minimum atomic E-state index is -1.12. The minimum absolute atomic E-state index is 0.0350. The van der Waals surface area contributed by atoms with Gasteiger partial charge in [-0.2, -0.15) is 4.98 Å². The summed E-state index contributed by atoms with van der Waals surface area (Å²) < 4.78 is 18.7. The van der Waals surface area contributed by atoms with Gasteiger partial charge in [-0.1, -0.05) is 11.6 Å². The number of halogens is 1. The Bertz CT molecular complexity index is 1190. The maximum absolute atomic E-state index is 12.7. The monoisotopic (exact) mass is 485 g/mol. The van der Waals surface area contributed by atoms with E-state index in [-0.39, 0.29) is 12.1 Å². The standard InChI is InChI=1S/C23H24ClN5O3S/c24-15-4-2-14(3-5-15)21-25-17-12-29(10-6-18(17)32-21)22-26-16-7-11-33(31)19(16)20(27-22)28-23(13-30)8-1-9-23/h2-5,30H,1,6-13H2,(H,26,27,28)/t33-/m1/s1. The Morgan fingerprint density at radius 1 is 1.15 bits per heavy atom. The van der Waals surface area contributed by atoms with Gasteiger partial charge in [-0.05, 0) is 54.7 Å². The molecule has 3 aromatic rings. The number of oxazole rings is 1. The second-order valence-electron chi connectivity index (χ2n) is 8.93. The van der Waals surface area contributed by atoms with Gasteiger partial charge in [0.05, 0.1) is 18.7 Å². The van der Waals surface area contributed by atoms with Gasteiger partial charge in [0.1, 0.15) is 22.9 Å². The molecule has 1 fully saturated rings. The molecule has 33 heavy (non-hydrogen) atoms. The molecule has 0 saturated heterocycles. The Hall–Kier alpha value is -2.33. The van der Waals surface area contributed by atoms with Crippen LogP contribution in [0.4, 0.5) is 11.8 Å². The van der Waals surface area contributed by atoms with Gasteiger partial charge in [0.25, 0.3) is 0 Å². The molecule has 2 N–H and O–H groups in total. The zero-order valence-corrected chi connectivity index (χ0v) is 19.6. The van der Waals surface area contributed by atoms with E-state index in [1.165, 1.54) is 0 Å². The number of benzene rings is 1. The fourth-order valence-electron chi connectivity index (χ4n) is 4.67. The van der Waals surface area contributed by atoms with Crippen molar-refractivity contribution >= 4 is 34.5 Å². The molecule has 172 valence electrons. The zero-order valence-electron chi connectivity index (χ0n) is 18.0. The van der Waals surface area contributed by atoms with Gasteiger partial charge in [0.15, 0.2) is 5.82 Å². The second-order valence-corrected chi connectivity index (χ2v) is 10.9. The van der Waals surface area contributed by atoms with Crippen molar-refractivity contribution in [2.24, 2.45) is 0 Å². The van der Waals surface area contributed by atoms with Crippen molar-refractivity contribution < 1.29 is 14.1 Å².